The fourth-order valence-corrected chi connectivity index (χ4v) is 1.92. The molecule has 6 heteroatoms. The van der Waals surface area contributed by atoms with Gasteiger partial charge in [-0.3, -0.25) is 0 Å². The maximum atomic E-state index is 5.72. The second-order valence-corrected chi connectivity index (χ2v) is 4.98. The first-order valence-corrected chi connectivity index (χ1v) is 7.02. The van der Waals surface area contributed by atoms with Gasteiger partial charge in [0.15, 0.2) is 0 Å². The van der Waals surface area contributed by atoms with E-state index in [1.165, 1.54) is 12.8 Å². The Morgan fingerprint density at radius 2 is 1.84 bits per heavy atom. The van der Waals surface area contributed by atoms with E-state index >= 15 is 0 Å². The van der Waals surface area contributed by atoms with Crippen LogP contribution in [0.3, 0.4) is 0 Å². The molecule has 108 valence electrons. The highest BCUT2D eigenvalue weighted by atomic mass is 15.3. The van der Waals surface area contributed by atoms with Crippen LogP contribution < -0.4 is 16.0 Å². The molecule has 0 saturated carbocycles. The van der Waals surface area contributed by atoms with Crippen LogP contribution in [0.15, 0.2) is 0 Å². The van der Waals surface area contributed by atoms with Crippen LogP contribution in [0.4, 0.5) is 17.8 Å². The standard InChI is InChI=1S/C13H26N6/c1-5-7-9-10(8-6-2)15-12-16-11(14)17-13(18-12)19(3)4/h10H,5-9H2,1-4H3,(H3,14,15,16,17,18). The van der Waals surface area contributed by atoms with Gasteiger partial charge in [-0.05, 0) is 12.8 Å². The number of nitrogens with zero attached hydrogens (tertiary/aromatic N) is 4. The topological polar surface area (TPSA) is 80.0 Å². The summed E-state index contributed by atoms with van der Waals surface area (Å²) in [6, 6.07) is 0.404. The van der Waals surface area contributed by atoms with Crippen molar-refractivity contribution in [3.05, 3.63) is 0 Å². The van der Waals surface area contributed by atoms with E-state index in [4.69, 9.17) is 5.73 Å². The number of rotatable bonds is 8. The second-order valence-electron chi connectivity index (χ2n) is 4.98. The average molecular weight is 266 g/mol. The van der Waals surface area contributed by atoms with Crippen molar-refractivity contribution in [2.75, 3.05) is 30.0 Å². The summed E-state index contributed by atoms with van der Waals surface area (Å²) in [5, 5.41) is 3.38. The van der Waals surface area contributed by atoms with E-state index in [0.717, 1.165) is 19.3 Å². The van der Waals surface area contributed by atoms with E-state index in [9.17, 15) is 0 Å². The number of unbranched alkanes of at least 4 members (excludes halogenated alkanes) is 1. The average Bonchev–Trinajstić information content (AvgIpc) is 2.35. The molecule has 0 amide bonds. The minimum atomic E-state index is 0.256. The van der Waals surface area contributed by atoms with E-state index < -0.39 is 0 Å². The molecule has 0 radical (unpaired) electrons. The molecule has 0 aliphatic carbocycles. The number of anilines is 3. The SMILES string of the molecule is CCCCC(CCC)Nc1nc(N)nc(N(C)C)n1. The molecule has 0 saturated heterocycles. The van der Waals surface area contributed by atoms with Crippen LogP contribution in [0.2, 0.25) is 0 Å². The van der Waals surface area contributed by atoms with Gasteiger partial charge < -0.3 is 16.0 Å². The lowest BCUT2D eigenvalue weighted by Crippen LogP contribution is -2.23. The number of hydrogen-bond donors (Lipinski definition) is 2. The van der Waals surface area contributed by atoms with Gasteiger partial charge in [0.25, 0.3) is 0 Å². The zero-order valence-electron chi connectivity index (χ0n) is 12.5. The number of nitrogens with one attached hydrogen (secondary N) is 1. The Hall–Kier alpha value is -1.59. The number of nitrogen functional groups attached to an aromatic ring is 1. The van der Waals surface area contributed by atoms with Crippen molar-refractivity contribution in [3.8, 4) is 0 Å². The fraction of sp³-hybridized carbons (Fsp3) is 0.769. The molecule has 1 unspecified atom stereocenters. The zero-order chi connectivity index (χ0) is 14.3. The molecule has 1 aromatic rings. The maximum Gasteiger partial charge on any atom is 0.231 e. The molecule has 1 atom stereocenters. The number of nitrogens with two attached hydrogens (primary N) is 1. The van der Waals surface area contributed by atoms with Crippen molar-refractivity contribution < 1.29 is 0 Å². The molecule has 0 fully saturated rings. The third-order valence-electron chi connectivity index (χ3n) is 2.92. The molecular formula is C13H26N6. The Morgan fingerprint density at radius 1 is 1.11 bits per heavy atom. The second kappa shape index (κ2) is 7.76. The van der Waals surface area contributed by atoms with Gasteiger partial charge in [-0.15, -0.1) is 0 Å². The first-order chi connectivity index (χ1) is 9.06. The van der Waals surface area contributed by atoms with Crippen molar-refractivity contribution >= 4 is 17.8 Å². The normalized spacial score (nSPS) is 12.2. The minimum absolute atomic E-state index is 0.256. The quantitative estimate of drug-likeness (QED) is 0.751. The minimum Gasteiger partial charge on any atom is -0.368 e. The monoisotopic (exact) mass is 266 g/mol. The van der Waals surface area contributed by atoms with Gasteiger partial charge in [0.05, 0.1) is 0 Å². The van der Waals surface area contributed by atoms with Crippen LogP contribution in [0.25, 0.3) is 0 Å². The summed E-state index contributed by atoms with van der Waals surface area (Å²) in [6.07, 6.45) is 5.79. The van der Waals surface area contributed by atoms with Gasteiger partial charge in [0.1, 0.15) is 0 Å². The molecule has 1 aromatic heterocycles. The summed E-state index contributed by atoms with van der Waals surface area (Å²) >= 11 is 0. The molecule has 1 rings (SSSR count). The molecule has 0 aliphatic heterocycles. The summed E-state index contributed by atoms with van der Waals surface area (Å²) < 4.78 is 0. The van der Waals surface area contributed by atoms with Crippen molar-refractivity contribution in [3.63, 3.8) is 0 Å². The lowest BCUT2D eigenvalue weighted by molar-refractivity contribution is 0.561. The first kappa shape index (κ1) is 15.5. The highest BCUT2D eigenvalue weighted by Gasteiger charge is 2.11. The Labute approximate surface area is 115 Å². The largest absolute Gasteiger partial charge is 0.368 e. The fourth-order valence-electron chi connectivity index (χ4n) is 1.92. The molecule has 0 spiro atoms. The summed E-state index contributed by atoms with van der Waals surface area (Å²) in [7, 11) is 3.78. The Bertz CT molecular complexity index is 379. The Morgan fingerprint density at radius 3 is 2.42 bits per heavy atom. The maximum absolute atomic E-state index is 5.72. The van der Waals surface area contributed by atoms with Crippen LogP contribution in [0.5, 0.6) is 0 Å². The lowest BCUT2D eigenvalue weighted by atomic mass is 10.1. The third kappa shape index (κ3) is 5.28. The molecule has 0 bridgehead atoms. The van der Waals surface area contributed by atoms with Crippen molar-refractivity contribution in [2.24, 2.45) is 0 Å². The Balaban J connectivity index is 2.77. The third-order valence-corrected chi connectivity index (χ3v) is 2.92. The van der Waals surface area contributed by atoms with Crippen LogP contribution in [0.1, 0.15) is 46.0 Å². The first-order valence-electron chi connectivity index (χ1n) is 7.02. The van der Waals surface area contributed by atoms with E-state index in [1.54, 1.807) is 0 Å². The predicted octanol–water partition coefficient (Wildman–Crippen LogP) is 2.29. The molecule has 0 aromatic carbocycles. The predicted molar refractivity (Wildman–Crippen MR) is 80.4 cm³/mol. The van der Waals surface area contributed by atoms with Gasteiger partial charge in [-0.25, -0.2) is 0 Å². The van der Waals surface area contributed by atoms with E-state index in [-0.39, 0.29) is 5.95 Å². The molecule has 19 heavy (non-hydrogen) atoms. The molecule has 0 aliphatic rings. The van der Waals surface area contributed by atoms with E-state index in [1.807, 2.05) is 19.0 Å². The molecule has 6 nitrogen and oxygen atoms in total. The zero-order valence-corrected chi connectivity index (χ0v) is 12.5. The molecular weight excluding hydrogens is 240 g/mol. The highest BCUT2D eigenvalue weighted by molar-refractivity contribution is 5.41. The summed E-state index contributed by atoms with van der Waals surface area (Å²) in [5.74, 6) is 1.42. The van der Waals surface area contributed by atoms with E-state index in [0.29, 0.717) is 17.9 Å². The van der Waals surface area contributed by atoms with Crippen LogP contribution >= 0.6 is 0 Å². The molecule has 1 heterocycles. The van der Waals surface area contributed by atoms with Crippen LogP contribution in [-0.4, -0.2) is 35.1 Å². The van der Waals surface area contributed by atoms with Gasteiger partial charge in [-0.2, -0.15) is 15.0 Å². The van der Waals surface area contributed by atoms with Crippen LogP contribution in [-0.2, 0) is 0 Å². The number of hydrogen-bond acceptors (Lipinski definition) is 6. The van der Waals surface area contributed by atoms with Crippen LogP contribution in [0, 0.1) is 0 Å². The smallest absolute Gasteiger partial charge is 0.231 e. The van der Waals surface area contributed by atoms with Gasteiger partial charge >= 0.3 is 0 Å². The van der Waals surface area contributed by atoms with Gasteiger partial charge in [0.2, 0.25) is 17.8 Å². The lowest BCUT2D eigenvalue weighted by Gasteiger charge is -2.19. The van der Waals surface area contributed by atoms with Crippen molar-refractivity contribution in [1.29, 1.82) is 0 Å². The van der Waals surface area contributed by atoms with Crippen molar-refractivity contribution in [1.82, 2.24) is 15.0 Å². The number of aromatic nitrogens is 3. The summed E-state index contributed by atoms with van der Waals surface area (Å²) in [6.45, 7) is 4.39. The van der Waals surface area contributed by atoms with Gasteiger partial charge in [-0.1, -0.05) is 33.1 Å². The van der Waals surface area contributed by atoms with Crippen molar-refractivity contribution in [2.45, 2.75) is 52.0 Å². The van der Waals surface area contributed by atoms with Gasteiger partial charge in [0, 0.05) is 20.1 Å². The highest BCUT2D eigenvalue weighted by Crippen LogP contribution is 2.14. The summed E-state index contributed by atoms with van der Waals surface area (Å²) in [5.41, 5.74) is 5.72. The molecule has 3 N–H and O–H groups in total. The van der Waals surface area contributed by atoms with E-state index in [2.05, 4.69) is 34.1 Å². The summed E-state index contributed by atoms with van der Waals surface area (Å²) in [4.78, 5) is 14.5. The Kier molecular flexibility index (Phi) is 6.32.